The summed E-state index contributed by atoms with van der Waals surface area (Å²) in [5, 5.41) is 1.43. The van der Waals surface area contributed by atoms with Gasteiger partial charge in [-0.25, -0.2) is 0 Å². The summed E-state index contributed by atoms with van der Waals surface area (Å²) in [6, 6.07) is 13.6. The van der Waals surface area contributed by atoms with E-state index in [0.717, 1.165) is 24.6 Å². The highest BCUT2D eigenvalue weighted by Gasteiger charge is 2.40. The van der Waals surface area contributed by atoms with Gasteiger partial charge in [0, 0.05) is 47.8 Å². The predicted octanol–water partition coefficient (Wildman–Crippen LogP) is 6.17. The lowest BCUT2D eigenvalue weighted by atomic mass is 9.75. The molecule has 5 rings (SSSR count). The molecule has 30 heavy (non-hydrogen) atoms. The molecule has 2 unspecified atom stereocenters. The van der Waals surface area contributed by atoms with Gasteiger partial charge in [0.1, 0.15) is 11.5 Å². The Kier molecular flexibility index (Phi) is 5.28. The molecule has 2 atom stereocenters. The molecule has 0 amide bonds. The molecular formula is C25H29BrN2O2. The van der Waals surface area contributed by atoms with Gasteiger partial charge < -0.3 is 9.47 Å². The van der Waals surface area contributed by atoms with Crippen LogP contribution in [-0.4, -0.2) is 28.8 Å². The van der Waals surface area contributed by atoms with Gasteiger partial charge in [-0.2, -0.15) is 0 Å². The van der Waals surface area contributed by atoms with E-state index in [9.17, 15) is 0 Å². The maximum absolute atomic E-state index is 5.70. The van der Waals surface area contributed by atoms with Crippen molar-refractivity contribution in [1.29, 1.82) is 0 Å². The zero-order valence-electron chi connectivity index (χ0n) is 18.0. The third-order valence-electron chi connectivity index (χ3n) is 6.99. The number of ether oxygens (including phenoxy) is 2. The molecule has 1 aliphatic heterocycles. The van der Waals surface area contributed by atoms with Gasteiger partial charge in [-0.05, 0) is 43.5 Å². The van der Waals surface area contributed by atoms with Crippen LogP contribution in [0.5, 0.6) is 11.5 Å². The van der Waals surface area contributed by atoms with Crippen LogP contribution < -0.4 is 9.47 Å². The summed E-state index contributed by atoms with van der Waals surface area (Å²) >= 11 is 3.89. The highest BCUT2D eigenvalue weighted by molar-refractivity contribution is 9.08. The number of fused-ring (bicyclic) bond motifs is 5. The molecule has 5 heteroatoms. The Labute approximate surface area is 187 Å². The van der Waals surface area contributed by atoms with E-state index in [-0.39, 0.29) is 0 Å². The van der Waals surface area contributed by atoms with E-state index in [1.807, 2.05) is 12.1 Å². The predicted molar refractivity (Wildman–Crippen MR) is 125 cm³/mol. The lowest BCUT2D eigenvalue weighted by molar-refractivity contribution is 0.103. The van der Waals surface area contributed by atoms with E-state index in [2.05, 4.69) is 55.8 Å². The number of aromatic nitrogens is 1. The van der Waals surface area contributed by atoms with Gasteiger partial charge in [0.05, 0.1) is 35.9 Å². The number of hydrogen-bond acceptors (Lipinski definition) is 3. The minimum absolute atomic E-state index is 0.580. The first-order valence-electron chi connectivity index (χ1n) is 10.9. The molecule has 0 radical (unpaired) electrons. The summed E-state index contributed by atoms with van der Waals surface area (Å²) in [6.07, 6.45) is 5.18. The lowest BCUT2D eigenvalue weighted by Gasteiger charge is -2.44. The van der Waals surface area contributed by atoms with Gasteiger partial charge in [-0.3, -0.25) is 8.49 Å². The van der Waals surface area contributed by atoms with Crippen molar-refractivity contribution in [3.63, 3.8) is 0 Å². The van der Waals surface area contributed by atoms with Crippen LogP contribution >= 0.6 is 16.1 Å². The van der Waals surface area contributed by atoms with Crippen LogP contribution in [0.3, 0.4) is 0 Å². The fourth-order valence-corrected chi connectivity index (χ4v) is 6.19. The van der Waals surface area contributed by atoms with E-state index in [4.69, 9.17) is 9.47 Å². The second kappa shape index (κ2) is 7.93. The average Bonchev–Trinajstić information content (AvgIpc) is 3.05. The fraction of sp³-hybridized carbons (Fsp3) is 0.440. The molecule has 0 bridgehead atoms. The number of hydrogen-bond donors (Lipinski definition) is 0. The summed E-state index contributed by atoms with van der Waals surface area (Å²) < 4.78 is 13.3. The smallest absolute Gasteiger partial charge is 0.127 e. The van der Waals surface area contributed by atoms with E-state index in [1.165, 1.54) is 53.4 Å². The monoisotopic (exact) mass is 468 g/mol. The Bertz CT molecular complexity index is 1090. The average molecular weight is 469 g/mol. The zero-order chi connectivity index (χ0) is 20.8. The van der Waals surface area contributed by atoms with Crippen LogP contribution in [0.4, 0.5) is 0 Å². The minimum atomic E-state index is 0.580. The number of halogens is 1. The molecule has 1 aromatic heterocycles. The molecule has 1 saturated carbocycles. The standard InChI is InChI=1S/C25H29BrN2O2/c1-16-8-11-22-20(12-16)25-19-6-4-5-7-21(19)27(15-23(25)28(22)26)14-17-9-10-18(29-2)13-24(17)30-3/h8-13,19,21H,4-7,14-15H2,1-3H3. The second-order valence-corrected chi connectivity index (χ2v) is 9.41. The Morgan fingerprint density at radius 3 is 2.67 bits per heavy atom. The molecule has 2 aliphatic rings. The summed E-state index contributed by atoms with van der Waals surface area (Å²) in [7, 11) is 3.44. The first-order chi connectivity index (χ1) is 14.6. The number of benzene rings is 2. The van der Waals surface area contributed by atoms with Crippen molar-refractivity contribution in [2.45, 2.75) is 57.7 Å². The number of nitrogens with zero attached hydrogens (tertiary/aromatic N) is 2. The van der Waals surface area contributed by atoms with E-state index in [0.29, 0.717) is 12.0 Å². The maximum atomic E-state index is 5.70. The fourth-order valence-electron chi connectivity index (χ4n) is 5.57. The highest BCUT2D eigenvalue weighted by atomic mass is 79.9. The van der Waals surface area contributed by atoms with Crippen molar-refractivity contribution in [2.24, 2.45) is 0 Å². The molecule has 2 heterocycles. The lowest BCUT2D eigenvalue weighted by Crippen LogP contribution is -2.44. The van der Waals surface area contributed by atoms with Gasteiger partial charge >= 0.3 is 0 Å². The molecule has 158 valence electrons. The summed E-state index contributed by atoms with van der Waals surface area (Å²) in [5.74, 6) is 2.33. The summed E-state index contributed by atoms with van der Waals surface area (Å²) in [5.41, 5.74) is 6.83. The van der Waals surface area contributed by atoms with Gasteiger partial charge in [0.25, 0.3) is 0 Å². The summed E-state index contributed by atoms with van der Waals surface area (Å²) in [4.78, 5) is 2.67. The number of aryl methyl sites for hydroxylation is 1. The van der Waals surface area contributed by atoms with Crippen LogP contribution in [-0.2, 0) is 13.1 Å². The molecule has 3 aromatic rings. The first-order valence-corrected chi connectivity index (χ1v) is 11.6. The topological polar surface area (TPSA) is 26.6 Å². The van der Waals surface area contributed by atoms with Crippen molar-refractivity contribution < 1.29 is 9.47 Å². The normalized spacial score (nSPS) is 21.3. The number of rotatable bonds is 4. The molecule has 0 saturated heterocycles. The number of methoxy groups -OCH3 is 2. The van der Waals surface area contributed by atoms with Crippen LogP contribution in [0, 0.1) is 6.92 Å². The second-order valence-electron chi connectivity index (χ2n) is 8.70. The van der Waals surface area contributed by atoms with Crippen molar-refractivity contribution in [3.8, 4) is 11.5 Å². The van der Waals surface area contributed by atoms with Crippen molar-refractivity contribution in [2.75, 3.05) is 14.2 Å². The zero-order valence-corrected chi connectivity index (χ0v) is 19.5. The van der Waals surface area contributed by atoms with Gasteiger partial charge in [0.2, 0.25) is 0 Å². The van der Waals surface area contributed by atoms with Crippen molar-refractivity contribution >= 4 is 27.1 Å². The van der Waals surface area contributed by atoms with E-state index < -0.39 is 0 Å². The van der Waals surface area contributed by atoms with Gasteiger partial charge in [-0.1, -0.05) is 30.5 Å². The summed E-state index contributed by atoms with van der Waals surface area (Å²) in [6.45, 7) is 4.03. The first kappa shape index (κ1) is 20.0. The SMILES string of the molecule is COc1ccc(CN2Cc3c(c4cc(C)ccc4n3Br)C3CCCCC32)c(OC)c1. The van der Waals surface area contributed by atoms with Gasteiger partial charge in [-0.15, -0.1) is 0 Å². The van der Waals surface area contributed by atoms with Crippen LogP contribution in [0.25, 0.3) is 10.9 Å². The Morgan fingerprint density at radius 2 is 1.87 bits per heavy atom. The van der Waals surface area contributed by atoms with Crippen LogP contribution in [0.2, 0.25) is 0 Å². The highest BCUT2D eigenvalue weighted by Crippen LogP contribution is 2.47. The largest absolute Gasteiger partial charge is 0.497 e. The maximum Gasteiger partial charge on any atom is 0.127 e. The molecule has 2 aromatic carbocycles. The quantitative estimate of drug-likeness (QED) is 0.458. The van der Waals surface area contributed by atoms with E-state index in [1.54, 1.807) is 19.8 Å². The molecular weight excluding hydrogens is 440 g/mol. The third kappa shape index (κ3) is 3.23. The Morgan fingerprint density at radius 1 is 1.03 bits per heavy atom. The molecule has 0 spiro atoms. The molecule has 4 nitrogen and oxygen atoms in total. The third-order valence-corrected chi connectivity index (χ3v) is 7.80. The molecule has 1 aliphatic carbocycles. The van der Waals surface area contributed by atoms with Crippen molar-refractivity contribution in [3.05, 3.63) is 58.8 Å². The Hall–Kier alpha value is -1.98. The van der Waals surface area contributed by atoms with Crippen molar-refractivity contribution in [1.82, 2.24) is 8.49 Å². The molecule has 0 N–H and O–H groups in total. The molecule has 1 fully saturated rings. The van der Waals surface area contributed by atoms with E-state index >= 15 is 0 Å². The van der Waals surface area contributed by atoms with Crippen LogP contribution in [0.15, 0.2) is 36.4 Å². The Balaban J connectivity index is 1.57. The minimum Gasteiger partial charge on any atom is -0.497 e. The van der Waals surface area contributed by atoms with Gasteiger partial charge in [0.15, 0.2) is 0 Å². The van der Waals surface area contributed by atoms with Crippen LogP contribution in [0.1, 0.15) is 54.0 Å².